The maximum atomic E-state index is 5.53. The van der Waals surface area contributed by atoms with Crippen LogP contribution in [0.2, 0.25) is 0 Å². The van der Waals surface area contributed by atoms with E-state index >= 15 is 0 Å². The van der Waals surface area contributed by atoms with Gasteiger partial charge >= 0.3 is 0 Å². The average molecular weight is 641 g/mol. The number of nitrogens with zero attached hydrogens (tertiary/aromatic N) is 2. The Morgan fingerprint density at radius 1 is 0.592 bits per heavy atom. The van der Waals surface area contributed by atoms with Gasteiger partial charge in [0, 0.05) is 33.8 Å². The number of hydrogen-bond donors (Lipinski definition) is 2. The Morgan fingerprint density at radius 2 is 1.16 bits per heavy atom. The zero-order valence-electron chi connectivity index (χ0n) is 29.1. The van der Waals surface area contributed by atoms with E-state index in [1.807, 2.05) is 12.1 Å². The van der Waals surface area contributed by atoms with E-state index in [1.165, 1.54) is 44.5 Å². The van der Waals surface area contributed by atoms with Crippen LogP contribution in [0.15, 0.2) is 124 Å². The molecule has 0 saturated heterocycles. The number of ether oxygens (including phenoxy) is 1. The molecule has 0 saturated carbocycles. The molecule has 1 unspecified atom stereocenters. The summed E-state index contributed by atoms with van der Waals surface area (Å²) >= 11 is 0. The quantitative estimate of drug-likeness (QED) is 0.234. The van der Waals surface area contributed by atoms with Crippen molar-refractivity contribution in [3.05, 3.63) is 176 Å². The van der Waals surface area contributed by atoms with Gasteiger partial charge in [-0.05, 0) is 135 Å². The Balaban J connectivity index is 1.43. The summed E-state index contributed by atoms with van der Waals surface area (Å²) in [6, 6.07) is 21.6. The minimum absolute atomic E-state index is 0.0635. The van der Waals surface area contributed by atoms with Gasteiger partial charge in [-0.1, -0.05) is 53.6 Å². The molecule has 8 bridgehead atoms. The molecule has 4 aliphatic heterocycles. The predicted molar refractivity (Wildman–Crippen MR) is 203 cm³/mol. The second-order valence-electron chi connectivity index (χ2n) is 13.6. The monoisotopic (exact) mass is 640 g/mol. The van der Waals surface area contributed by atoms with Crippen molar-refractivity contribution in [2.45, 2.75) is 47.6 Å². The fraction of sp³-hybridized carbons (Fsp3) is 0.182. The molecule has 1 atom stereocenters. The van der Waals surface area contributed by atoms with E-state index in [0.29, 0.717) is 0 Å². The third-order valence-corrected chi connectivity index (χ3v) is 9.88. The molecule has 0 aliphatic carbocycles. The molecule has 0 amide bonds. The summed E-state index contributed by atoms with van der Waals surface area (Å²) in [5.74, 6) is 0.815. The third-order valence-electron chi connectivity index (χ3n) is 9.88. The number of fused-ring (bicyclic) bond motifs is 7. The summed E-state index contributed by atoms with van der Waals surface area (Å²) in [4.78, 5) is 14.6. The van der Waals surface area contributed by atoms with Crippen LogP contribution in [0.5, 0.6) is 5.75 Å². The number of nitrogens with one attached hydrogen (secondary N) is 2. The molecule has 0 radical (unpaired) electrons. The lowest BCUT2D eigenvalue weighted by Gasteiger charge is -2.19. The third kappa shape index (κ3) is 5.26. The lowest BCUT2D eigenvalue weighted by Crippen LogP contribution is -2.29. The van der Waals surface area contributed by atoms with Gasteiger partial charge in [0.2, 0.25) is 0 Å². The number of aromatic amines is 1. The van der Waals surface area contributed by atoms with E-state index < -0.39 is 0 Å². The number of aryl methyl sites for hydroxylation is 6. The molecule has 4 aliphatic rings. The Morgan fingerprint density at radius 3 is 1.80 bits per heavy atom. The number of allylic oxidation sites excluding steroid dienone is 5. The van der Waals surface area contributed by atoms with Crippen LogP contribution >= 0.6 is 0 Å². The van der Waals surface area contributed by atoms with Crippen LogP contribution in [0.1, 0.15) is 61.5 Å². The number of methoxy groups -OCH3 is 1. The van der Waals surface area contributed by atoms with Gasteiger partial charge in [0.25, 0.3) is 0 Å². The van der Waals surface area contributed by atoms with Crippen LogP contribution in [0.4, 0.5) is 0 Å². The average Bonchev–Trinajstić information content (AvgIpc) is 3.89. The molecular weight excluding hydrogens is 601 g/mol. The first-order valence-electron chi connectivity index (χ1n) is 16.9. The SMILES string of the molecule is COc1ccc(/C2=C3\C=CC(=N3)/C(c3c(C)cc(C)cc3C)=C3/C=CC(N3)C3=N/C(=C(/c4c(C)cc(C)cc4C)c4ccc2[nH]4)C=C3)cc1. The van der Waals surface area contributed by atoms with Crippen molar-refractivity contribution in [2.24, 2.45) is 9.98 Å². The number of hydrogen-bond acceptors (Lipinski definition) is 4. The smallest absolute Gasteiger partial charge is 0.118 e. The van der Waals surface area contributed by atoms with Crippen LogP contribution in [-0.4, -0.2) is 29.6 Å². The summed E-state index contributed by atoms with van der Waals surface area (Å²) in [5.41, 5.74) is 20.9. The molecule has 1 aromatic heterocycles. The summed E-state index contributed by atoms with van der Waals surface area (Å²) in [6.07, 6.45) is 13.1. The van der Waals surface area contributed by atoms with E-state index in [2.05, 4.69) is 137 Å². The fourth-order valence-corrected chi connectivity index (χ4v) is 7.95. The van der Waals surface area contributed by atoms with Crippen LogP contribution in [0, 0.1) is 41.5 Å². The van der Waals surface area contributed by atoms with Crippen molar-refractivity contribution < 1.29 is 4.74 Å². The van der Waals surface area contributed by atoms with Gasteiger partial charge in [-0.3, -0.25) is 4.99 Å². The zero-order chi connectivity index (χ0) is 34.0. The van der Waals surface area contributed by atoms with Crippen molar-refractivity contribution in [3.8, 4) is 5.75 Å². The van der Waals surface area contributed by atoms with E-state index in [-0.39, 0.29) is 6.04 Å². The van der Waals surface area contributed by atoms with Crippen molar-refractivity contribution in [2.75, 3.05) is 7.11 Å². The largest absolute Gasteiger partial charge is 0.497 e. The summed E-state index contributed by atoms with van der Waals surface area (Å²) in [7, 11) is 1.70. The van der Waals surface area contributed by atoms with Gasteiger partial charge in [0.05, 0.1) is 36.0 Å². The van der Waals surface area contributed by atoms with Crippen molar-refractivity contribution in [3.63, 3.8) is 0 Å². The second kappa shape index (κ2) is 11.8. The maximum Gasteiger partial charge on any atom is 0.118 e. The molecule has 5 nitrogen and oxygen atoms in total. The van der Waals surface area contributed by atoms with E-state index in [0.717, 1.165) is 67.9 Å². The molecule has 49 heavy (non-hydrogen) atoms. The molecule has 5 heteroatoms. The molecule has 5 heterocycles. The number of rotatable bonds is 4. The van der Waals surface area contributed by atoms with Crippen LogP contribution in [-0.2, 0) is 0 Å². The Labute approximate surface area is 288 Å². The first-order valence-corrected chi connectivity index (χ1v) is 16.9. The second-order valence-corrected chi connectivity index (χ2v) is 13.6. The molecule has 242 valence electrons. The van der Waals surface area contributed by atoms with Crippen molar-refractivity contribution >= 4 is 28.1 Å². The molecule has 0 fully saturated rings. The van der Waals surface area contributed by atoms with Gasteiger partial charge in [-0.25, -0.2) is 4.99 Å². The molecule has 0 spiro atoms. The van der Waals surface area contributed by atoms with Gasteiger partial charge in [-0.2, -0.15) is 0 Å². The van der Waals surface area contributed by atoms with E-state index in [9.17, 15) is 0 Å². The number of H-pyrrole nitrogens is 1. The molecular formula is C44H40N4O. The van der Waals surface area contributed by atoms with Gasteiger partial charge < -0.3 is 15.0 Å². The van der Waals surface area contributed by atoms with Gasteiger partial charge in [0.15, 0.2) is 0 Å². The normalized spacial score (nSPS) is 22.2. The van der Waals surface area contributed by atoms with Crippen molar-refractivity contribution in [1.29, 1.82) is 0 Å². The lowest BCUT2D eigenvalue weighted by atomic mass is 9.89. The van der Waals surface area contributed by atoms with Crippen LogP contribution in [0.3, 0.4) is 0 Å². The lowest BCUT2D eigenvalue weighted by molar-refractivity contribution is 0.415. The standard InChI is InChI=1S/C44H40N4O/c1-24-20-26(3)40(27(4)21-24)43-36-14-12-32(45-36)33-13-15-37(46-33)44(41-28(5)22-25(2)23-29(41)6)39-19-17-35(48-39)42(34-16-18-38(43)47-34)30-8-10-31(49-7)11-9-30/h8-23,32,45,48H,1-7H3/b42-34-,43-36+,44-37+. The maximum absolute atomic E-state index is 5.53. The highest BCUT2D eigenvalue weighted by molar-refractivity contribution is 6.32. The van der Waals surface area contributed by atoms with Crippen LogP contribution < -0.4 is 10.1 Å². The Hall–Kier alpha value is -5.68. The van der Waals surface area contributed by atoms with E-state index in [1.54, 1.807) is 7.11 Å². The van der Waals surface area contributed by atoms with E-state index in [4.69, 9.17) is 14.7 Å². The first-order chi connectivity index (χ1) is 23.7. The summed E-state index contributed by atoms with van der Waals surface area (Å²) in [6.45, 7) is 13.1. The fourth-order valence-electron chi connectivity index (χ4n) is 7.95. The van der Waals surface area contributed by atoms with Gasteiger partial charge in [-0.15, -0.1) is 0 Å². The Bertz CT molecular complexity index is 2280. The number of aromatic nitrogens is 1. The van der Waals surface area contributed by atoms with Crippen LogP contribution in [0.25, 0.3) is 16.7 Å². The molecule has 3 aromatic carbocycles. The Kier molecular flexibility index (Phi) is 7.37. The molecule has 2 N–H and O–H groups in total. The first kappa shape index (κ1) is 30.6. The predicted octanol–water partition coefficient (Wildman–Crippen LogP) is 9.37. The highest BCUT2D eigenvalue weighted by Gasteiger charge is 2.29. The minimum Gasteiger partial charge on any atom is -0.497 e. The van der Waals surface area contributed by atoms with Gasteiger partial charge in [0.1, 0.15) is 5.75 Å². The minimum atomic E-state index is -0.0635. The zero-order valence-corrected chi connectivity index (χ0v) is 29.1. The summed E-state index contributed by atoms with van der Waals surface area (Å²) in [5, 5.41) is 3.84. The topological polar surface area (TPSA) is 61.8 Å². The molecule has 8 rings (SSSR count). The highest BCUT2D eigenvalue weighted by atomic mass is 16.5. The molecule has 4 aromatic rings. The number of aliphatic imine (C=N–C) groups is 2. The summed E-state index contributed by atoms with van der Waals surface area (Å²) < 4.78 is 5.53. The highest BCUT2D eigenvalue weighted by Crippen LogP contribution is 2.40. The van der Waals surface area contributed by atoms with Crippen molar-refractivity contribution in [1.82, 2.24) is 10.3 Å². The number of benzene rings is 3.